The van der Waals surface area contributed by atoms with Crippen LogP contribution in [0, 0.1) is 5.41 Å². The summed E-state index contributed by atoms with van der Waals surface area (Å²) in [7, 11) is 0. The lowest BCUT2D eigenvalue weighted by molar-refractivity contribution is -0.131. The van der Waals surface area contributed by atoms with Gasteiger partial charge in [-0.25, -0.2) is 0 Å². The van der Waals surface area contributed by atoms with Crippen LogP contribution in [0.3, 0.4) is 0 Å². The number of hydrogen-bond donors (Lipinski definition) is 3. The predicted molar refractivity (Wildman–Crippen MR) is 103 cm³/mol. The van der Waals surface area contributed by atoms with E-state index in [1.807, 2.05) is 0 Å². The van der Waals surface area contributed by atoms with Gasteiger partial charge >= 0.3 is 0 Å². The molecule has 3 atom stereocenters. The molecule has 3 amide bonds. The first-order valence-electron chi connectivity index (χ1n) is 8.95. The van der Waals surface area contributed by atoms with E-state index < -0.39 is 41.3 Å². The molecule has 1 rings (SSSR count). The second-order valence-corrected chi connectivity index (χ2v) is 7.52. The number of benzene rings is 1. The Morgan fingerprint density at radius 2 is 1.57 bits per heavy atom. The number of carbonyl (C=O) groups excluding carboxylic acids is 5. The highest BCUT2D eigenvalue weighted by molar-refractivity contribution is 5.98. The van der Waals surface area contributed by atoms with E-state index in [2.05, 4.69) is 16.0 Å². The zero-order chi connectivity index (χ0) is 21.3. The van der Waals surface area contributed by atoms with Gasteiger partial charge in [0.1, 0.15) is 24.7 Å². The van der Waals surface area contributed by atoms with Gasteiger partial charge in [0, 0.05) is 12.0 Å². The summed E-state index contributed by atoms with van der Waals surface area (Å²) >= 11 is 0. The lowest BCUT2D eigenvalue weighted by Crippen LogP contribution is -2.57. The van der Waals surface area contributed by atoms with Crippen LogP contribution in [0.4, 0.5) is 0 Å². The predicted octanol–water partition coefficient (Wildman–Crippen LogP) is 0.608. The molecule has 0 saturated carbocycles. The first-order valence-corrected chi connectivity index (χ1v) is 8.95. The maximum atomic E-state index is 12.7. The van der Waals surface area contributed by atoms with Gasteiger partial charge in [0.2, 0.25) is 11.8 Å². The van der Waals surface area contributed by atoms with E-state index in [4.69, 9.17) is 0 Å². The van der Waals surface area contributed by atoms with Crippen molar-refractivity contribution in [3.05, 3.63) is 35.9 Å². The molecule has 0 heterocycles. The molecule has 8 heteroatoms. The Hall–Kier alpha value is -3.03. The lowest BCUT2D eigenvalue weighted by atomic mass is 9.85. The molecule has 0 spiro atoms. The summed E-state index contributed by atoms with van der Waals surface area (Å²) in [6.45, 7) is 6.83. The maximum Gasteiger partial charge on any atom is 0.251 e. The number of rotatable bonds is 9. The summed E-state index contributed by atoms with van der Waals surface area (Å²) in [5.41, 5.74) is -0.203. The number of amides is 3. The van der Waals surface area contributed by atoms with Gasteiger partial charge in [0.05, 0.1) is 6.04 Å². The average molecular weight is 389 g/mol. The monoisotopic (exact) mass is 389 g/mol. The van der Waals surface area contributed by atoms with Gasteiger partial charge in [-0.15, -0.1) is 0 Å². The van der Waals surface area contributed by atoms with E-state index in [1.54, 1.807) is 51.1 Å². The second kappa shape index (κ2) is 10.3. The number of nitrogens with one attached hydrogen (secondary N) is 3. The fourth-order valence-electron chi connectivity index (χ4n) is 2.40. The van der Waals surface area contributed by atoms with Gasteiger partial charge in [-0.1, -0.05) is 39.0 Å². The molecule has 0 unspecified atom stereocenters. The van der Waals surface area contributed by atoms with Crippen LogP contribution < -0.4 is 16.0 Å². The van der Waals surface area contributed by atoms with Gasteiger partial charge in [-0.05, 0) is 24.5 Å². The molecule has 1 aromatic rings. The van der Waals surface area contributed by atoms with Crippen molar-refractivity contribution in [1.29, 1.82) is 0 Å². The zero-order valence-corrected chi connectivity index (χ0v) is 16.5. The molecule has 0 bridgehead atoms. The van der Waals surface area contributed by atoms with Crippen LogP contribution >= 0.6 is 0 Å². The van der Waals surface area contributed by atoms with Crippen molar-refractivity contribution in [2.45, 2.75) is 52.2 Å². The Balaban J connectivity index is 2.82. The van der Waals surface area contributed by atoms with Crippen LogP contribution in [0.15, 0.2) is 30.3 Å². The summed E-state index contributed by atoms with van der Waals surface area (Å²) < 4.78 is 0. The van der Waals surface area contributed by atoms with Crippen LogP contribution in [0.1, 0.15) is 44.5 Å². The third kappa shape index (κ3) is 6.94. The third-order valence-electron chi connectivity index (χ3n) is 4.03. The Labute approximate surface area is 164 Å². The Morgan fingerprint density at radius 3 is 2.07 bits per heavy atom. The Morgan fingerprint density at radius 1 is 0.964 bits per heavy atom. The molecule has 8 nitrogen and oxygen atoms in total. The fourth-order valence-corrected chi connectivity index (χ4v) is 2.40. The van der Waals surface area contributed by atoms with Crippen LogP contribution in [0.2, 0.25) is 0 Å². The standard InChI is InChI=1S/C20H27N3O5/c1-13(17(26)22-15(12-25)10-11-24)21-19(28)16(20(2,3)4)23-18(27)14-8-6-5-7-9-14/h5-9,11-13,15-16H,10H2,1-4H3,(H,21,28)(H,22,26)(H,23,27)/t13-,15-,16+/m0/s1. The molecule has 28 heavy (non-hydrogen) atoms. The van der Waals surface area contributed by atoms with E-state index in [0.717, 1.165) is 0 Å². The normalized spacial score (nSPS) is 14.1. The minimum atomic E-state index is -0.958. The second-order valence-electron chi connectivity index (χ2n) is 7.52. The van der Waals surface area contributed by atoms with E-state index in [1.165, 1.54) is 6.92 Å². The molecule has 0 aliphatic heterocycles. The third-order valence-corrected chi connectivity index (χ3v) is 4.03. The van der Waals surface area contributed by atoms with Crippen LogP contribution in [0.25, 0.3) is 0 Å². The summed E-state index contributed by atoms with van der Waals surface area (Å²) in [5, 5.41) is 7.63. The van der Waals surface area contributed by atoms with Crippen molar-refractivity contribution in [3.8, 4) is 0 Å². The quantitative estimate of drug-likeness (QED) is 0.534. The summed E-state index contributed by atoms with van der Waals surface area (Å²) in [4.78, 5) is 58.7. The number of hydrogen-bond acceptors (Lipinski definition) is 5. The van der Waals surface area contributed by atoms with Gasteiger partial charge in [-0.2, -0.15) is 0 Å². The molecule has 152 valence electrons. The molecule has 0 aliphatic rings. The first kappa shape index (κ1) is 23.0. The van der Waals surface area contributed by atoms with Crippen LogP contribution in [-0.4, -0.2) is 48.4 Å². The number of carbonyl (C=O) groups is 5. The van der Waals surface area contributed by atoms with Crippen molar-refractivity contribution in [1.82, 2.24) is 16.0 Å². The van der Waals surface area contributed by atoms with Crippen LogP contribution in [-0.2, 0) is 19.2 Å². The molecule has 0 aromatic heterocycles. The van der Waals surface area contributed by atoms with E-state index >= 15 is 0 Å². The van der Waals surface area contributed by atoms with Crippen molar-refractivity contribution in [2.24, 2.45) is 5.41 Å². The SMILES string of the molecule is C[C@H](NC(=O)[C@@H](NC(=O)c1ccccc1)C(C)(C)C)C(=O)N[C@H](C=O)CC=O. The minimum absolute atomic E-state index is 0.145. The highest BCUT2D eigenvalue weighted by Gasteiger charge is 2.34. The van der Waals surface area contributed by atoms with Crippen molar-refractivity contribution in [3.63, 3.8) is 0 Å². The van der Waals surface area contributed by atoms with Crippen LogP contribution in [0.5, 0.6) is 0 Å². The molecular weight excluding hydrogens is 362 g/mol. The Bertz CT molecular complexity index is 712. The molecule has 0 radical (unpaired) electrons. The molecule has 1 aromatic carbocycles. The molecule has 3 N–H and O–H groups in total. The van der Waals surface area contributed by atoms with Crippen molar-refractivity contribution in [2.75, 3.05) is 0 Å². The minimum Gasteiger partial charge on any atom is -0.344 e. The summed E-state index contributed by atoms with van der Waals surface area (Å²) in [6, 6.07) is 5.69. The van der Waals surface area contributed by atoms with Gasteiger partial charge < -0.3 is 25.5 Å². The zero-order valence-electron chi connectivity index (χ0n) is 16.5. The molecule has 0 fully saturated rings. The highest BCUT2D eigenvalue weighted by atomic mass is 16.2. The van der Waals surface area contributed by atoms with Gasteiger partial charge in [0.15, 0.2) is 0 Å². The smallest absolute Gasteiger partial charge is 0.251 e. The maximum absolute atomic E-state index is 12.7. The average Bonchev–Trinajstić information content (AvgIpc) is 2.64. The topological polar surface area (TPSA) is 121 Å². The van der Waals surface area contributed by atoms with Crippen molar-refractivity contribution >= 4 is 30.3 Å². The fraction of sp³-hybridized carbons (Fsp3) is 0.450. The van der Waals surface area contributed by atoms with E-state index in [0.29, 0.717) is 18.1 Å². The molecule has 0 aliphatic carbocycles. The summed E-state index contributed by atoms with van der Waals surface area (Å²) in [5.74, 6) is -1.54. The lowest BCUT2D eigenvalue weighted by Gasteiger charge is -2.31. The Kier molecular flexibility index (Phi) is 8.50. The summed E-state index contributed by atoms with van der Waals surface area (Å²) in [6.07, 6.45) is 0.837. The van der Waals surface area contributed by atoms with E-state index in [9.17, 15) is 24.0 Å². The molecule has 0 saturated heterocycles. The molecular formula is C20H27N3O5. The largest absolute Gasteiger partial charge is 0.344 e. The van der Waals surface area contributed by atoms with Gasteiger partial charge in [0.25, 0.3) is 5.91 Å². The van der Waals surface area contributed by atoms with E-state index in [-0.39, 0.29) is 6.42 Å². The highest BCUT2D eigenvalue weighted by Crippen LogP contribution is 2.20. The number of aldehydes is 2. The van der Waals surface area contributed by atoms with Gasteiger partial charge in [-0.3, -0.25) is 14.4 Å². The van der Waals surface area contributed by atoms with Crippen molar-refractivity contribution < 1.29 is 24.0 Å². The first-order chi connectivity index (χ1) is 13.1.